The summed E-state index contributed by atoms with van der Waals surface area (Å²) >= 11 is 0. The van der Waals surface area contributed by atoms with Gasteiger partial charge >= 0.3 is 30.4 Å². The minimum absolute atomic E-state index is 0.0349. The van der Waals surface area contributed by atoms with Crippen molar-refractivity contribution in [3.05, 3.63) is 29.8 Å². The van der Waals surface area contributed by atoms with Crippen LogP contribution < -0.4 is 4.74 Å². The van der Waals surface area contributed by atoms with E-state index in [2.05, 4.69) is 4.74 Å². The van der Waals surface area contributed by atoms with Crippen molar-refractivity contribution in [3.8, 4) is 5.75 Å². The second-order valence-corrected chi connectivity index (χ2v) is 13.7. The van der Waals surface area contributed by atoms with Gasteiger partial charge in [0.1, 0.15) is 29.1 Å². The molecule has 0 aliphatic heterocycles. The van der Waals surface area contributed by atoms with E-state index in [0.717, 1.165) is 42.8 Å². The van der Waals surface area contributed by atoms with Gasteiger partial charge in [-0.1, -0.05) is 26.0 Å². The van der Waals surface area contributed by atoms with E-state index in [1.54, 1.807) is 20.8 Å². The van der Waals surface area contributed by atoms with Crippen LogP contribution in [0.5, 0.6) is 5.75 Å². The van der Waals surface area contributed by atoms with E-state index < -0.39 is 84.0 Å². The monoisotopic (exact) mass is 708 g/mol. The Morgan fingerprint density at radius 2 is 1.35 bits per heavy atom. The summed E-state index contributed by atoms with van der Waals surface area (Å²) in [4.78, 5) is 66.4. The number of rotatable bonds is 16. The molecule has 278 valence electrons. The molecule has 0 radical (unpaired) electrons. The molecule has 0 spiro atoms. The van der Waals surface area contributed by atoms with Crippen molar-refractivity contribution in [2.45, 2.75) is 123 Å². The molecule has 4 atom stereocenters. The van der Waals surface area contributed by atoms with Gasteiger partial charge in [-0.25, -0.2) is 23.6 Å². The van der Waals surface area contributed by atoms with E-state index >= 15 is 0 Å². The lowest BCUT2D eigenvalue weighted by Gasteiger charge is -2.33. The number of carboxylic acid groups (broad SMARTS) is 1. The maximum Gasteiger partial charge on any atom is 0.573 e. The fourth-order valence-electron chi connectivity index (χ4n) is 4.51. The number of hydrogen-bond acceptors (Lipinski definition) is 9. The number of ether oxygens (including phenoxy) is 4. The molecule has 0 aliphatic rings. The van der Waals surface area contributed by atoms with Crippen LogP contribution in [-0.4, -0.2) is 101 Å². The number of esters is 2. The molecule has 12 nitrogen and oxygen atoms in total. The van der Waals surface area contributed by atoms with Gasteiger partial charge in [-0.15, -0.1) is 13.2 Å². The third-order valence-corrected chi connectivity index (χ3v) is 6.91. The quantitative estimate of drug-likeness (QED) is 0.129. The minimum atomic E-state index is -4.89. The zero-order valence-corrected chi connectivity index (χ0v) is 29.6. The first-order valence-electron chi connectivity index (χ1n) is 15.6. The van der Waals surface area contributed by atoms with Crippen molar-refractivity contribution in [1.29, 1.82) is 0 Å². The average Bonchev–Trinajstić information content (AvgIpc) is 2.93. The van der Waals surface area contributed by atoms with Crippen LogP contribution in [0.25, 0.3) is 0 Å². The largest absolute Gasteiger partial charge is 0.573 e. The normalized spacial score (nSPS) is 14.6. The topological polar surface area (TPSA) is 149 Å². The van der Waals surface area contributed by atoms with E-state index in [1.165, 1.54) is 26.1 Å². The van der Waals surface area contributed by atoms with Crippen molar-refractivity contribution >= 4 is 29.9 Å². The van der Waals surface area contributed by atoms with Crippen molar-refractivity contribution in [2.75, 3.05) is 14.1 Å². The molecule has 0 saturated carbocycles. The van der Waals surface area contributed by atoms with Crippen LogP contribution in [-0.2, 0) is 39.8 Å². The lowest BCUT2D eigenvalue weighted by Crippen LogP contribution is -2.52. The van der Waals surface area contributed by atoms with Crippen LogP contribution >= 0.6 is 0 Å². The van der Waals surface area contributed by atoms with Crippen molar-refractivity contribution in [1.82, 2.24) is 9.80 Å². The molecule has 0 aliphatic carbocycles. The summed E-state index contributed by atoms with van der Waals surface area (Å²) in [7, 11) is 2.50. The summed E-state index contributed by atoms with van der Waals surface area (Å²) in [5, 5.41) is 9.71. The molecule has 1 aromatic rings. The third kappa shape index (κ3) is 15.8. The number of nitrogens with zero attached hydrogens (tertiary/aromatic N) is 2. The predicted octanol–water partition coefficient (Wildman–Crippen LogP) is 5.69. The Hall–Kier alpha value is -4.11. The summed E-state index contributed by atoms with van der Waals surface area (Å²) < 4.78 is 71.9. The first-order valence-corrected chi connectivity index (χ1v) is 15.6. The summed E-state index contributed by atoms with van der Waals surface area (Å²) in [6.45, 7) is 12.1. The van der Waals surface area contributed by atoms with Gasteiger partial charge in [0.25, 0.3) is 5.91 Å². The Labute approximate surface area is 284 Å². The van der Waals surface area contributed by atoms with E-state index in [9.17, 15) is 46.6 Å². The zero-order valence-electron chi connectivity index (χ0n) is 29.6. The van der Waals surface area contributed by atoms with E-state index in [4.69, 9.17) is 14.2 Å². The Morgan fingerprint density at radius 1 is 0.816 bits per heavy atom. The molecule has 0 aromatic heterocycles. The predicted molar refractivity (Wildman–Crippen MR) is 168 cm³/mol. The summed E-state index contributed by atoms with van der Waals surface area (Å²) in [5.41, 5.74) is -2.48. The molecule has 0 bridgehead atoms. The highest BCUT2D eigenvalue weighted by Crippen LogP contribution is 2.25. The number of benzene rings is 1. The highest BCUT2D eigenvalue weighted by Gasteiger charge is 2.40. The molecule has 0 saturated heterocycles. The second-order valence-electron chi connectivity index (χ2n) is 13.7. The Balaban J connectivity index is 3.11. The number of carboxylic acids is 1. The Kier molecular flexibility index (Phi) is 15.3. The molecule has 0 unspecified atom stereocenters. The van der Waals surface area contributed by atoms with E-state index in [1.807, 2.05) is 13.8 Å². The smallest absolute Gasteiger partial charge is 0.479 e. The van der Waals surface area contributed by atoms with Crippen LogP contribution in [0.1, 0.15) is 80.2 Å². The van der Waals surface area contributed by atoms with Crippen LogP contribution in [0.4, 0.5) is 22.4 Å². The molecular weight excluding hydrogens is 660 g/mol. The maximum absolute atomic E-state index is 14.9. The van der Waals surface area contributed by atoms with E-state index in [-0.39, 0.29) is 25.2 Å². The van der Waals surface area contributed by atoms with Gasteiger partial charge < -0.3 is 29.0 Å². The summed E-state index contributed by atoms with van der Waals surface area (Å²) in [6, 6.07) is 1.86. The lowest BCUT2D eigenvalue weighted by molar-refractivity contribution is -0.274. The number of halogens is 4. The molecule has 49 heavy (non-hydrogen) atoms. The maximum atomic E-state index is 14.9. The molecule has 1 aromatic carbocycles. The third-order valence-electron chi connectivity index (χ3n) is 6.91. The van der Waals surface area contributed by atoms with Gasteiger partial charge in [0.2, 0.25) is 0 Å². The minimum Gasteiger partial charge on any atom is -0.479 e. The SMILES string of the molecule is CC(C)C[C@@H](C(=O)O[C@H](C)C(=O)N(C)[C@@H](CC(C)(C)F)C(=O)O[C@H](CCc1ccc(OC(F)(F)F)cc1)C(=O)O)N(C)C(=O)OC(C)(C)C. The number of carbonyl (C=O) groups excluding carboxylic acids is 4. The number of aliphatic carboxylic acids is 1. The average molecular weight is 709 g/mol. The van der Waals surface area contributed by atoms with Gasteiger partial charge in [0, 0.05) is 20.5 Å². The lowest BCUT2D eigenvalue weighted by atomic mass is 9.99. The molecule has 1 rings (SSSR count). The fraction of sp³-hybridized carbons (Fsp3) is 0.667. The second kappa shape index (κ2) is 17.5. The van der Waals surface area contributed by atoms with Crippen LogP contribution in [0, 0.1) is 5.92 Å². The number of alkyl halides is 4. The fourth-order valence-corrected chi connectivity index (χ4v) is 4.51. The number of carbonyl (C=O) groups is 5. The standard InChI is InChI=1S/C33H48F4N2O10/c1-19(2)17-23(39(10)30(45)49-31(4,5)6)28(43)46-20(3)26(40)38(9)24(18-32(7,8)34)29(44)47-25(27(41)42)16-13-21-11-14-22(15-12-21)48-33(35,36)37/h11-12,14-15,19-20,23-25H,13,16-18H2,1-10H3,(H,41,42)/t20-,23+,24+,25-/m1/s1. The highest BCUT2D eigenvalue weighted by atomic mass is 19.4. The molecule has 16 heteroatoms. The van der Waals surface area contributed by atoms with Crippen molar-refractivity contribution < 1.29 is 65.6 Å². The van der Waals surface area contributed by atoms with Crippen LogP contribution in [0.15, 0.2) is 24.3 Å². The number of aryl methyl sites for hydroxylation is 1. The molecular formula is C33H48F4N2O10. The first-order chi connectivity index (χ1) is 22.2. The van der Waals surface area contributed by atoms with Crippen molar-refractivity contribution in [3.63, 3.8) is 0 Å². The molecule has 0 fully saturated rings. The summed E-state index contributed by atoms with van der Waals surface area (Å²) in [5.74, 6) is -5.21. The summed E-state index contributed by atoms with van der Waals surface area (Å²) in [6.07, 6.45) is -9.75. The van der Waals surface area contributed by atoms with Gasteiger partial charge in [-0.2, -0.15) is 0 Å². The van der Waals surface area contributed by atoms with E-state index in [0.29, 0.717) is 5.56 Å². The van der Waals surface area contributed by atoms with Gasteiger partial charge in [0.05, 0.1) is 0 Å². The molecule has 0 heterocycles. The first kappa shape index (κ1) is 42.9. The molecule has 1 N–H and O–H groups in total. The van der Waals surface area contributed by atoms with Crippen LogP contribution in [0.3, 0.4) is 0 Å². The van der Waals surface area contributed by atoms with Gasteiger partial charge in [-0.05, 0) is 84.4 Å². The zero-order chi connectivity index (χ0) is 38.1. The number of likely N-dealkylation sites (N-methyl/N-ethyl adjacent to an activating group) is 2. The molecule has 2 amide bonds. The highest BCUT2D eigenvalue weighted by molar-refractivity contribution is 5.90. The van der Waals surface area contributed by atoms with Crippen molar-refractivity contribution in [2.24, 2.45) is 5.92 Å². The Morgan fingerprint density at radius 3 is 1.80 bits per heavy atom. The number of amides is 2. The van der Waals surface area contributed by atoms with Crippen LogP contribution in [0.2, 0.25) is 0 Å². The van der Waals surface area contributed by atoms with Gasteiger partial charge in [0.15, 0.2) is 12.2 Å². The number of hydrogen-bond donors (Lipinski definition) is 1. The Bertz CT molecular complexity index is 1290. The van der Waals surface area contributed by atoms with Gasteiger partial charge in [-0.3, -0.25) is 9.69 Å².